The van der Waals surface area contributed by atoms with E-state index in [0.29, 0.717) is 113 Å². The number of nitrogens with one attached hydrogen (secondary N) is 4. The van der Waals surface area contributed by atoms with Crippen LogP contribution in [-0.4, -0.2) is 144 Å². The number of aldehydes is 1. The van der Waals surface area contributed by atoms with Crippen molar-refractivity contribution in [1.29, 1.82) is 0 Å². The Bertz CT molecular complexity index is 2420. The third-order valence-electron chi connectivity index (χ3n) is 10.4. The van der Waals surface area contributed by atoms with Crippen LogP contribution in [0, 0.1) is 24.1 Å². The van der Waals surface area contributed by atoms with E-state index in [4.69, 9.17) is 49.9 Å². The zero-order valence-electron chi connectivity index (χ0n) is 44.8. The Kier molecular flexibility index (Phi) is 29.8. The van der Waals surface area contributed by atoms with Crippen LogP contribution in [0.25, 0.3) is 21.3 Å². The molecule has 2 amide bonds. The highest BCUT2D eigenvalue weighted by molar-refractivity contribution is 7.13. The summed E-state index contributed by atoms with van der Waals surface area (Å²) in [5, 5.41) is 21.0. The summed E-state index contributed by atoms with van der Waals surface area (Å²) in [6, 6.07) is 16.1. The summed E-state index contributed by atoms with van der Waals surface area (Å²) in [6.07, 6.45) is 4.08. The molecule has 21 heteroatoms. The fourth-order valence-corrected chi connectivity index (χ4v) is 7.94. The van der Waals surface area contributed by atoms with Crippen molar-refractivity contribution in [3.8, 4) is 21.9 Å². The number of amides is 2. The first-order valence-electron chi connectivity index (χ1n) is 24.7. The summed E-state index contributed by atoms with van der Waals surface area (Å²) in [5.74, 6) is 0.267. The number of carbonyl (C=O) groups excluding carboxylic acids is 3. The van der Waals surface area contributed by atoms with Crippen molar-refractivity contribution < 1.29 is 57.0 Å². The first-order valence-corrected chi connectivity index (χ1v) is 26.0. The van der Waals surface area contributed by atoms with Gasteiger partial charge in [-0.15, -0.1) is 11.3 Å². The number of hydrogen-bond acceptors (Lipinski definition) is 17. The van der Waals surface area contributed by atoms with Gasteiger partial charge in [0.1, 0.15) is 37.5 Å². The molecule has 0 saturated carbocycles. The van der Waals surface area contributed by atoms with E-state index in [0.717, 1.165) is 18.5 Å². The number of thiazole rings is 1. The number of fused-ring (bicyclic) bond motifs is 1. The summed E-state index contributed by atoms with van der Waals surface area (Å²) in [4.78, 5) is 48.9. The number of rotatable bonds is 32. The number of halogens is 2. The second-order valence-corrected chi connectivity index (χ2v) is 20.2. The van der Waals surface area contributed by atoms with Gasteiger partial charge < -0.3 is 64.3 Å². The highest BCUT2D eigenvalue weighted by Gasteiger charge is 2.33. The number of ether oxygens (including phenoxy) is 7. The Hall–Kier alpha value is -5.42. The third kappa shape index (κ3) is 25.8. The number of aromatic nitrogens is 3. The summed E-state index contributed by atoms with van der Waals surface area (Å²) in [5.41, 5.74) is 5.92. The van der Waals surface area contributed by atoms with Gasteiger partial charge >= 0.3 is 0 Å². The van der Waals surface area contributed by atoms with Crippen molar-refractivity contribution in [3.63, 3.8) is 0 Å². The first kappa shape index (κ1) is 63.9. The van der Waals surface area contributed by atoms with Gasteiger partial charge in [0.25, 0.3) is 0 Å². The Balaban J connectivity index is 0.000000611. The van der Waals surface area contributed by atoms with Gasteiger partial charge in [0.15, 0.2) is 11.5 Å². The van der Waals surface area contributed by atoms with Crippen molar-refractivity contribution >= 4 is 63.9 Å². The lowest BCUT2D eigenvalue weighted by molar-refractivity contribution is -0.129. The largest absolute Gasteiger partial charge is 0.493 e. The van der Waals surface area contributed by atoms with E-state index in [-0.39, 0.29) is 48.1 Å². The maximum absolute atomic E-state index is 13.6. The van der Waals surface area contributed by atoms with Crippen molar-refractivity contribution in [2.75, 3.05) is 98.7 Å². The minimum absolute atomic E-state index is 0.00687. The van der Waals surface area contributed by atoms with E-state index in [1.807, 2.05) is 40.3 Å². The van der Waals surface area contributed by atoms with E-state index < -0.39 is 11.4 Å². The van der Waals surface area contributed by atoms with E-state index in [1.54, 1.807) is 57.4 Å². The van der Waals surface area contributed by atoms with Gasteiger partial charge in [-0.2, -0.15) is 0 Å². The molecule has 75 heavy (non-hydrogen) atoms. The minimum Gasteiger partial charge on any atom is -0.493 e. The van der Waals surface area contributed by atoms with Crippen molar-refractivity contribution in [3.05, 3.63) is 88.5 Å². The van der Waals surface area contributed by atoms with Gasteiger partial charge in [-0.3, -0.25) is 9.59 Å². The lowest BCUT2D eigenvalue weighted by Crippen LogP contribution is -2.50. The third-order valence-corrected chi connectivity index (χ3v) is 11.7. The highest BCUT2D eigenvalue weighted by atomic mass is 35.5. The second-order valence-electron chi connectivity index (χ2n) is 18.9. The summed E-state index contributed by atoms with van der Waals surface area (Å²) < 4.78 is 52.6. The number of methoxy groups -OCH3 is 1. The number of anilines is 2. The Morgan fingerprint density at radius 2 is 1.44 bits per heavy atom. The van der Waals surface area contributed by atoms with Crippen LogP contribution in [0.4, 0.5) is 15.9 Å². The molecule has 2 heterocycles. The monoisotopic (exact) mass is 1090 g/mol. The molecule has 0 fully saturated rings. The molecule has 0 saturated heterocycles. The van der Waals surface area contributed by atoms with Gasteiger partial charge in [0, 0.05) is 42.2 Å². The predicted molar refractivity (Wildman–Crippen MR) is 292 cm³/mol. The quantitative estimate of drug-likeness (QED) is 0.0203. The number of benzene rings is 3. The highest BCUT2D eigenvalue weighted by Crippen LogP contribution is 2.35. The molecule has 0 aliphatic rings. The number of hydrogen-bond donors (Lipinski definition) is 5. The van der Waals surface area contributed by atoms with Crippen LogP contribution in [-0.2, 0) is 44.6 Å². The number of aryl methyl sites for hydroxylation is 1. The molecule has 0 radical (unpaired) electrons. The fraction of sp³-hybridized carbons (Fsp3) is 0.519. The minimum atomic E-state index is -0.514. The van der Waals surface area contributed by atoms with Crippen LogP contribution in [0.1, 0.15) is 65.6 Å². The molecule has 3 aromatic carbocycles. The number of aliphatic hydroxyl groups is 1. The van der Waals surface area contributed by atoms with Crippen molar-refractivity contribution in [1.82, 2.24) is 30.9 Å². The summed E-state index contributed by atoms with van der Waals surface area (Å²) >= 11 is 7.62. The molecular formula is C54H77ClFN7O11S. The molecule has 0 aliphatic carbocycles. The Labute approximate surface area is 450 Å². The lowest BCUT2D eigenvalue weighted by Gasteiger charge is -2.35. The Morgan fingerprint density at radius 3 is 1.97 bits per heavy atom. The van der Waals surface area contributed by atoms with E-state index in [1.165, 1.54) is 34.5 Å². The SMILES string of the molecule is CC(C)(C)O.CNCc1ccc(-c2scnc2C)cc1.COc1cc2ncnc(Nc3ccc(F)c(Cl)c3)c2cc1OCCOCCOCCOCCOCCOCC(=O)NC(C(C=O)CCCNC=O)C(C)(C)C. The van der Waals surface area contributed by atoms with Crippen LogP contribution in [0.5, 0.6) is 11.5 Å². The van der Waals surface area contributed by atoms with Crippen molar-refractivity contribution in [2.24, 2.45) is 11.3 Å². The Morgan fingerprint density at radius 1 is 0.827 bits per heavy atom. The van der Waals surface area contributed by atoms with Gasteiger partial charge in [-0.05, 0) is 88.4 Å². The molecular weight excluding hydrogens is 1010 g/mol. The molecule has 18 nitrogen and oxygen atoms in total. The van der Waals surface area contributed by atoms with Gasteiger partial charge in [0.05, 0.1) is 98.8 Å². The maximum Gasteiger partial charge on any atom is 0.246 e. The molecule has 2 atom stereocenters. The lowest BCUT2D eigenvalue weighted by atomic mass is 9.77. The van der Waals surface area contributed by atoms with Crippen LogP contribution < -0.4 is 30.7 Å². The summed E-state index contributed by atoms with van der Waals surface area (Å²) in [7, 11) is 3.50. The van der Waals surface area contributed by atoms with Gasteiger partial charge in [-0.1, -0.05) is 56.6 Å². The summed E-state index contributed by atoms with van der Waals surface area (Å²) in [6.45, 7) is 17.8. The molecule has 0 spiro atoms. The molecule has 414 valence electrons. The van der Waals surface area contributed by atoms with Crippen LogP contribution in [0.15, 0.2) is 66.4 Å². The normalized spacial score (nSPS) is 12.1. The molecule has 5 aromatic rings. The first-order chi connectivity index (χ1) is 35.9. The van der Waals surface area contributed by atoms with Gasteiger partial charge in [0.2, 0.25) is 12.3 Å². The molecule has 0 bridgehead atoms. The fourth-order valence-electron chi connectivity index (χ4n) is 6.95. The predicted octanol–water partition coefficient (Wildman–Crippen LogP) is 8.12. The van der Waals surface area contributed by atoms with Crippen molar-refractivity contribution in [2.45, 2.75) is 79.5 Å². The standard InChI is InChI=1S/C38H53ClFN5O10.C12H14N2S.C4H10O/c1-38(2,3)36(27(23-46)6-5-9-41-26-47)45-35(48)24-54-17-16-52-13-12-50-10-11-51-14-15-53-18-19-55-34-21-29-32(22-33(34)49-4)42-25-43-37(29)44-28-7-8-31(40)30(39)20-28;1-9-12(15-8-14-9)11-5-3-10(4-6-11)7-13-2;1-4(2,3)5/h7-8,20-23,25-27,36H,5-6,9-19,24H2,1-4H3,(H,41,47)(H,45,48)(H,42,43,44);3-6,8,13H,7H2,1-2H3;5H,1-3H3. The van der Waals surface area contributed by atoms with Crippen LogP contribution in [0.2, 0.25) is 5.02 Å². The van der Waals surface area contributed by atoms with Crippen LogP contribution in [0.3, 0.4) is 0 Å². The average molecular weight is 1090 g/mol. The second kappa shape index (κ2) is 35.0. The maximum atomic E-state index is 13.6. The molecule has 2 aromatic heterocycles. The number of nitrogens with zero attached hydrogens (tertiary/aromatic N) is 3. The zero-order valence-corrected chi connectivity index (χ0v) is 46.4. The van der Waals surface area contributed by atoms with E-state index in [2.05, 4.69) is 60.5 Å². The molecule has 5 N–H and O–H groups in total. The molecule has 2 unspecified atom stereocenters. The molecule has 0 aliphatic heterocycles. The number of carbonyl (C=O) groups is 3. The van der Waals surface area contributed by atoms with Gasteiger partial charge in [-0.25, -0.2) is 19.3 Å². The van der Waals surface area contributed by atoms with E-state index >= 15 is 0 Å². The average Bonchev–Trinajstić information content (AvgIpc) is 3.80. The van der Waals surface area contributed by atoms with Crippen LogP contribution >= 0.6 is 22.9 Å². The topological polar surface area (TPSA) is 223 Å². The smallest absolute Gasteiger partial charge is 0.246 e. The zero-order chi connectivity index (χ0) is 55.1. The molecule has 5 rings (SSSR count). The van der Waals surface area contributed by atoms with E-state index in [9.17, 15) is 18.8 Å².